The number of ether oxygens (including phenoxy) is 2. The number of nitrogens with zero attached hydrogens (tertiary/aromatic N) is 2. The van der Waals surface area contributed by atoms with Crippen molar-refractivity contribution in [2.75, 3.05) is 24.2 Å². The van der Waals surface area contributed by atoms with Gasteiger partial charge < -0.3 is 19.7 Å². The van der Waals surface area contributed by atoms with Crippen molar-refractivity contribution in [2.45, 2.75) is 45.8 Å². The van der Waals surface area contributed by atoms with Crippen LogP contribution in [0, 0.1) is 0 Å². The quantitative estimate of drug-likeness (QED) is 0.364. The summed E-state index contributed by atoms with van der Waals surface area (Å²) < 4.78 is 37.7. The number of carbonyl (C=O) groups excluding carboxylic acids is 2. The molecule has 40 heavy (non-hydrogen) atoms. The first-order valence-electron chi connectivity index (χ1n) is 12.8. The fourth-order valence-corrected chi connectivity index (χ4v) is 4.75. The van der Waals surface area contributed by atoms with Gasteiger partial charge in [0.05, 0.1) is 19.1 Å². The van der Waals surface area contributed by atoms with Crippen molar-refractivity contribution in [3.63, 3.8) is 0 Å². The van der Waals surface area contributed by atoms with E-state index < -0.39 is 34.1 Å². The van der Waals surface area contributed by atoms with E-state index in [9.17, 15) is 18.0 Å². The highest BCUT2D eigenvalue weighted by molar-refractivity contribution is 7.92. The van der Waals surface area contributed by atoms with Crippen molar-refractivity contribution < 1.29 is 27.5 Å². The number of nitrogens with one attached hydrogen (secondary N) is 1. The Bertz CT molecular complexity index is 1390. The topological polar surface area (TPSA) is 105 Å². The molecule has 0 radical (unpaired) electrons. The van der Waals surface area contributed by atoms with Gasteiger partial charge in [-0.3, -0.25) is 13.9 Å². The van der Waals surface area contributed by atoms with Crippen LogP contribution in [0.15, 0.2) is 78.9 Å². The number of carbonyl (C=O) groups is 2. The molecular formula is C30H37N3O6S. The van der Waals surface area contributed by atoms with Crippen molar-refractivity contribution in [2.24, 2.45) is 0 Å². The number of benzene rings is 3. The van der Waals surface area contributed by atoms with E-state index in [2.05, 4.69) is 5.32 Å². The largest absolute Gasteiger partial charge is 0.497 e. The lowest BCUT2D eigenvalue weighted by Crippen LogP contribution is -2.54. The van der Waals surface area contributed by atoms with Gasteiger partial charge in [-0.15, -0.1) is 0 Å². The van der Waals surface area contributed by atoms with E-state index in [4.69, 9.17) is 9.47 Å². The normalized spacial score (nSPS) is 12.2. The van der Waals surface area contributed by atoms with E-state index in [1.54, 1.807) is 62.6 Å². The SMILES string of the molecule is COc1ccc(CN(C(=O)CN(c2ccc(Oc3ccccc3)cc2)S(C)(=O)=O)[C@H](C)C(=O)NC(C)(C)C)cc1. The zero-order valence-corrected chi connectivity index (χ0v) is 24.6. The van der Waals surface area contributed by atoms with Crippen LogP contribution in [0.1, 0.15) is 33.3 Å². The van der Waals surface area contributed by atoms with Gasteiger partial charge in [0, 0.05) is 12.1 Å². The number of hydrogen-bond donors (Lipinski definition) is 1. The first-order chi connectivity index (χ1) is 18.8. The van der Waals surface area contributed by atoms with E-state index in [1.165, 1.54) is 4.90 Å². The Balaban J connectivity index is 1.87. The lowest BCUT2D eigenvalue weighted by Gasteiger charge is -2.33. The Hall–Kier alpha value is -4.05. The second kappa shape index (κ2) is 12.9. The molecule has 0 aliphatic rings. The summed E-state index contributed by atoms with van der Waals surface area (Å²) in [6.45, 7) is 6.80. The number of rotatable bonds is 11. The highest BCUT2D eigenvalue weighted by Crippen LogP contribution is 2.26. The fourth-order valence-electron chi connectivity index (χ4n) is 3.90. The molecule has 0 bridgehead atoms. The Kier molecular flexibility index (Phi) is 9.81. The maximum Gasteiger partial charge on any atom is 0.244 e. The summed E-state index contributed by atoms with van der Waals surface area (Å²) in [5.41, 5.74) is 0.549. The van der Waals surface area contributed by atoms with Gasteiger partial charge in [-0.05, 0) is 81.8 Å². The zero-order valence-electron chi connectivity index (χ0n) is 23.7. The molecular weight excluding hydrogens is 530 g/mol. The first-order valence-corrected chi connectivity index (χ1v) is 14.7. The van der Waals surface area contributed by atoms with Gasteiger partial charge in [-0.1, -0.05) is 30.3 Å². The average molecular weight is 568 g/mol. The lowest BCUT2D eigenvalue weighted by molar-refractivity contribution is -0.140. The van der Waals surface area contributed by atoms with Gasteiger partial charge in [0.15, 0.2) is 0 Å². The number of amides is 2. The van der Waals surface area contributed by atoms with E-state index >= 15 is 0 Å². The van der Waals surface area contributed by atoms with Crippen molar-refractivity contribution in [1.29, 1.82) is 0 Å². The van der Waals surface area contributed by atoms with Crippen molar-refractivity contribution in [1.82, 2.24) is 10.2 Å². The van der Waals surface area contributed by atoms with Crippen LogP contribution in [-0.2, 0) is 26.2 Å². The Morgan fingerprint density at radius 2 is 1.43 bits per heavy atom. The second-order valence-electron chi connectivity index (χ2n) is 10.5. The van der Waals surface area contributed by atoms with Gasteiger partial charge in [0.1, 0.15) is 29.8 Å². The monoisotopic (exact) mass is 567 g/mol. The van der Waals surface area contributed by atoms with Gasteiger partial charge >= 0.3 is 0 Å². The van der Waals surface area contributed by atoms with Crippen LogP contribution in [0.3, 0.4) is 0 Å². The number of anilines is 1. The van der Waals surface area contributed by atoms with Crippen LogP contribution >= 0.6 is 0 Å². The summed E-state index contributed by atoms with van der Waals surface area (Å²) in [4.78, 5) is 28.2. The summed E-state index contributed by atoms with van der Waals surface area (Å²) in [5.74, 6) is 0.943. The highest BCUT2D eigenvalue weighted by Gasteiger charge is 2.31. The van der Waals surface area contributed by atoms with Gasteiger partial charge in [0.2, 0.25) is 21.8 Å². The molecule has 0 saturated heterocycles. The molecule has 2 amide bonds. The molecule has 1 N–H and O–H groups in total. The minimum Gasteiger partial charge on any atom is -0.497 e. The Morgan fingerprint density at radius 1 is 0.875 bits per heavy atom. The van der Waals surface area contributed by atoms with Gasteiger partial charge in [-0.25, -0.2) is 8.42 Å². The summed E-state index contributed by atoms with van der Waals surface area (Å²) in [6, 6.07) is 21.9. The first kappa shape index (κ1) is 30.5. The number of methoxy groups -OCH3 is 1. The van der Waals surface area contributed by atoms with E-state index in [-0.39, 0.29) is 12.5 Å². The molecule has 0 unspecified atom stereocenters. The zero-order chi connectivity index (χ0) is 29.5. The maximum absolute atomic E-state index is 13.7. The minimum absolute atomic E-state index is 0.100. The standard InChI is InChI=1S/C30H37N3O6S/c1-22(29(35)31-30(2,3)4)32(20-23-12-16-25(38-5)17-13-23)28(34)21-33(40(6,36)37)24-14-18-27(19-15-24)39-26-10-8-7-9-11-26/h7-19,22H,20-21H2,1-6H3,(H,31,35)/t22-/m1/s1. The molecule has 0 aliphatic heterocycles. The predicted octanol–water partition coefficient (Wildman–Crippen LogP) is 4.59. The molecule has 0 fully saturated rings. The summed E-state index contributed by atoms with van der Waals surface area (Å²) in [5, 5.41) is 2.90. The minimum atomic E-state index is -3.85. The van der Waals surface area contributed by atoms with Gasteiger partial charge in [-0.2, -0.15) is 0 Å². The number of hydrogen-bond acceptors (Lipinski definition) is 6. The molecule has 0 saturated carbocycles. The third kappa shape index (κ3) is 8.74. The molecule has 214 valence electrons. The second-order valence-corrected chi connectivity index (χ2v) is 12.4. The fraction of sp³-hybridized carbons (Fsp3) is 0.333. The molecule has 3 aromatic carbocycles. The molecule has 3 aromatic rings. The molecule has 0 aromatic heterocycles. The molecule has 0 aliphatic carbocycles. The number of sulfonamides is 1. The Labute approximate surface area is 236 Å². The van der Waals surface area contributed by atoms with Crippen LogP contribution in [0.4, 0.5) is 5.69 Å². The average Bonchev–Trinajstić information content (AvgIpc) is 2.90. The molecule has 10 heteroatoms. The molecule has 1 atom stereocenters. The molecule has 3 rings (SSSR count). The van der Waals surface area contributed by atoms with Crippen molar-refractivity contribution >= 4 is 27.5 Å². The number of para-hydroxylation sites is 1. The molecule has 9 nitrogen and oxygen atoms in total. The van der Waals surface area contributed by atoms with Crippen LogP contribution in [-0.4, -0.2) is 56.6 Å². The predicted molar refractivity (Wildman–Crippen MR) is 156 cm³/mol. The van der Waals surface area contributed by atoms with Crippen LogP contribution in [0.2, 0.25) is 0 Å². The summed E-state index contributed by atoms with van der Waals surface area (Å²) in [6.07, 6.45) is 1.04. The van der Waals surface area contributed by atoms with Crippen LogP contribution in [0.5, 0.6) is 17.2 Å². The van der Waals surface area contributed by atoms with Gasteiger partial charge in [0.25, 0.3) is 0 Å². The van der Waals surface area contributed by atoms with Crippen LogP contribution < -0.4 is 19.1 Å². The maximum atomic E-state index is 13.7. The highest BCUT2D eigenvalue weighted by atomic mass is 32.2. The Morgan fingerprint density at radius 3 is 1.95 bits per heavy atom. The van der Waals surface area contributed by atoms with Crippen molar-refractivity contribution in [3.05, 3.63) is 84.4 Å². The third-order valence-electron chi connectivity index (χ3n) is 5.96. The van der Waals surface area contributed by atoms with Crippen LogP contribution in [0.25, 0.3) is 0 Å². The van der Waals surface area contributed by atoms with E-state index in [0.717, 1.165) is 16.1 Å². The summed E-state index contributed by atoms with van der Waals surface area (Å²) in [7, 11) is -2.29. The molecule has 0 heterocycles. The van der Waals surface area contributed by atoms with E-state index in [0.29, 0.717) is 22.9 Å². The van der Waals surface area contributed by atoms with E-state index in [1.807, 2.05) is 51.1 Å². The molecule has 0 spiro atoms. The summed E-state index contributed by atoms with van der Waals surface area (Å²) >= 11 is 0. The lowest BCUT2D eigenvalue weighted by atomic mass is 10.1. The smallest absolute Gasteiger partial charge is 0.244 e. The van der Waals surface area contributed by atoms with Crippen molar-refractivity contribution in [3.8, 4) is 17.2 Å². The third-order valence-corrected chi connectivity index (χ3v) is 7.10.